The summed E-state index contributed by atoms with van der Waals surface area (Å²) in [5.41, 5.74) is 0.801. The fraction of sp³-hybridized carbons (Fsp3) is 0.240. The SMILES string of the molecule is CCOc1ccc([C@@H]2C(=C(O)c3ccc(OC)cc3)C(=O)C(=O)N2c2cc(C)on2)cc1OC. The number of anilines is 1. The number of aliphatic hydroxyl groups is 1. The van der Waals surface area contributed by atoms with E-state index in [1.807, 2.05) is 6.92 Å². The van der Waals surface area contributed by atoms with Crippen molar-refractivity contribution in [3.8, 4) is 17.2 Å². The lowest BCUT2D eigenvalue weighted by Gasteiger charge is -2.23. The molecule has 176 valence electrons. The van der Waals surface area contributed by atoms with Crippen LogP contribution < -0.4 is 19.1 Å². The van der Waals surface area contributed by atoms with Crippen LogP contribution in [0.2, 0.25) is 0 Å². The van der Waals surface area contributed by atoms with Gasteiger partial charge in [0.05, 0.1) is 32.4 Å². The molecule has 4 rings (SSSR count). The number of methoxy groups -OCH3 is 2. The predicted octanol–water partition coefficient (Wildman–Crippen LogP) is 4.03. The summed E-state index contributed by atoms with van der Waals surface area (Å²) in [5, 5.41) is 15.1. The molecular weight excluding hydrogens is 440 g/mol. The monoisotopic (exact) mass is 464 g/mol. The zero-order valence-corrected chi connectivity index (χ0v) is 19.2. The molecule has 1 atom stereocenters. The number of hydrogen-bond donors (Lipinski definition) is 1. The van der Waals surface area contributed by atoms with Crippen LogP contribution in [0.4, 0.5) is 5.82 Å². The topological polar surface area (TPSA) is 111 Å². The fourth-order valence-corrected chi connectivity index (χ4v) is 3.88. The van der Waals surface area contributed by atoms with Gasteiger partial charge in [-0.05, 0) is 55.8 Å². The van der Waals surface area contributed by atoms with Gasteiger partial charge in [0.25, 0.3) is 5.78 Å². The molecule has 34 heavy (non-hydrogen) atoms. The van der Waals surface area contributed by atoms with E-state index < -0.39 is 17.7 Å². The maximum atomic E-state index is 13.2. The highest BCUT2D eigenvalue weighted by Gasteiger charge is 2.48. The van der Waals surface area contributed by atoms with E-state index in [0.717, 1.165) is 0 Å². The first-order valence-electron chi connectivity index (χ1n) is 10.6. The van der Waals surface area contributed by atoms with Gasteiger partial charge < -0.3 is 23.8 Å². The third-order valence-electron chi connectivity index (χ3n) is 5.47. The highest BCUT2D eigenvalue weighted by Crippen LogP contribution is 2.44. The zero-order chi connectivity index (χ0) is 24.4. The largest absolute Gasteiger partial charge is 0.507 e. The average molecular weight is 464 g/mol. The summed E-state index contributed by atoms with van der Waals surface area (Å²) in [5.74, 6) is 0.155. The Kier molecular flexibility index (Phi) is 6.27. The molecule has 2 heterocycles. The van der Waals surface area contributed by atoms with E-state index in [0.29, 0.717) is 40.7 Å². The molecule has 1 aliphatic rings. The highest BCUT2D eigenvalue weighted by molar-refractivity contribution is 6.51. The number of benzene rings is 2. The Labute approximate surface area is 196 Å². The van der Waals surface area contributed by atoms with Crippen LogP contribution in [0.1, 0.15) is 29.9 Å². The smallest absolute Gasteiger partial charge is 0.301 e. The normalized spacial score (nSPS) is 17.2. The zero-order valence-electron chi connectivity index (χ0n) is 19.2. The van der Waals surface area contributed by atoms with Crippen molar-refractivity contribution in [2.24, 2.45) is 0 Å². The maximum Gasteiger partial charge on any atom is 0.301 e. The lowest BCUT2D eigenvalue weighted by molar-refractivity contribution is -0.132. The minimum absolute atomic E-state index is 0.0815. The van der Waals surface area contributed by atoms with Crippen LogP contribution in [0.3, 0.4) is 0 Å². The predicted molar refractivity (Wildman–Crippen MR) is 123 cm³/mol. The number of rotatable bonds is 7. The summed E-state index contributed by atoms with van der Waals surface area (Å²) >= 11 is 0. The lowest BCUT2D eigenvalue weighted by atomic mass is 9.95. The van der Waals surface area contributed by atoms with Gasteiger partial charge in [-0.2, -0.15) is 0 Å². The Hall–Kier alpha value is -4.27. The second kappa shape index (κ2) is 9.30. The molecule has 1 fully saturated rings. The lowest BCUT2D eigenvalue weighted by Crippen LogP contribution is -2.29. The molecule has 0 saturated carbocycles. The molecule has 0 bridgehead atoms. The van der Waals surface area contributed by atoms with Crippen molar-refractivity contribution in [2.45, 2.75) is 19.9 Å². The Morgan fingerprint density at radius 2 is 1.79 bits per heavy atom. The van der Waals surface area contributed by atoms with Gasteiger partial charge in [0.15, 0.2) is 17.3 Å². The summed E-state index contributed by atoms with van der Waals surface area (Å²) in [6.07, 6.45) is 0. The molecule has 1 aliphatic heterocycles. The minimum Gasteiger partial charge on any atom is -0.507 e. The van der Waals surface area contributed by atoms with E-state index >= 15 is 0 Å². The molecular formula is C25H24N2O7. The van der Waals surface area contributed by atoms with E-state index in [-0.39, 0.29) is 17.2 Å². The Morgan fingerprint density at radius 1 is 1.06 bits per heavy atom. The van der Waals surface area contributed by atoms with Crippen LogP contribution in [-0.2, 0) is 9.59 Å². The second-order valence-corrected chi connectivity index (χ2v) is 7.54. The number of ketones is 1. The molecule has 9 heteroatoms. The molecule has 9 nitrogen and oxygen atoms in total. The molecule has 1 N–H and O–H groups in total. The van der Waals surface area contributed by atoms with Gasteiger partial charge in [-0.3, -0.25) is 14.5 Å². The van der Waals surface area contributed by atoms with E-state index in [1.165, 1.54) is 19.1 Å². The number of ether oxygens (including phenoxy) is 3. The van der Waals surface area contributed by atoms with Crippen LogP contribution in [0.25, 0.3) is 5.76 Å². The Bertz CT molecular complexity index is 1260. The quantitative estimate of drug-likeness (QED) is 0.317. The molecule has 0 radical (unpaired) electrons. The van der Waals surface area contributed by atoms with Crippen molar-refractivity contribution in [3.05, 3.63) is 71.0 Å². The van der Waals surface area contributed by atoms with E-state index in [2.05, 4.69) is 5.16 Å². The third-order valence-corrected chi connectivity index (χ3v) is 5.47. The van der Waals surface area contributed by atoms with Gasteiger partial charge in [0.2, 0.25) is 0 Å². The van der Waals surface area contributed by atoms with Crippen molar-refractivity contribution in [1.82, 2.24) is 5.16 Å². The summed E-state index contributed by atoms with van der Waals surface area (Å²) < 4.78 is 21.4. The number of amides is 1. The number of carbonyl (C=O) groups is 2. The number of nitrogens with zero attached hydrogens (tertiary/aromatic N) is 2. The third kappa shape index (κ3) is 3.96. The summed E-state index contributed by atoms with van der Waals surface area (Å²) in [6.45, 7) is 3.97. The highest BCUT2D eigenvalue weighted by atomic mass is 16.5. The van der Waals surface area contributed by atoms with E-state index in [9.17, 15) is 14.7 Å². The first kappa shape index (κ1) is 22.9. The van der Waals surface area contributed by atoms with Crippen LogP contribution in [0.5, 0.6) is 17.2 Å². The van der Waals surface area contributed by atoms with Gasteiger partial charge in [0.1, 0.15) is 17.3 Å². The van der Waals surface area contributed by atoms with Gasteiger partial charge in [-0.15, -0.1) is 0 Å². The van der Waals surface area contributed by atoms with Crippen molar-refractivity contribution in [2.75, 3.05) is 25.7 Å². The van der Waals surface area contributed by atoms with Gasteiger partial charge >= 0.3 is 5.91 Å². The minimum atomic E-state index is -0.976. The molecule has 3 aromatic rings. The van der Waals surface area contributed by atoms with Gasteiger partial charge in [-0.25, -0.2) is 0 Å². The van der Waals surface area contributed by atoms with E-state index in [4.69, 9.17) is 18.7 Å². The molecule has 0 unspecified atom stereocenters. The summed E-state index contributed by atoms with van der Waals surface area (Å²) in [7, 11) is 3.02. The van der Waals surface area contributed by atoms with Crippen LogP contribution in [-0.4, -0.2) is 42.8 Å². The van der Waals surface area contributed by atoms with Crippen molar-refractivity contribution in [3.63, 3.8) is 0 Å². The number of carbonyl (C=O) groups excluding carboxylic acids is 2. The second-order valence-electron chi connectivity index (χ2n) is 7.54. The molecule has 2 aromatic carbocycles. The number of aromatic nitrogens is 1. The first-order chi connectivity index (χ1) is 16.4. The maximum absolute atomic E-state index is 13.2. The fourth-order valence-electron chi connectivity index (χ4n) is 3.88. The standard InChI is InChI=1S/C25H24N2O7/c1-5-33-18-11-8-16(13-19(18)32-4)22-21(23(28)15-6-9-17(31-3)10-7-15)24(29)25(30)27(22)20-12-14(2)34-26-20/h6-13,22,28H,5H2,1-4H3/t22-/m1/s1. The molecule has 1 aromatic heterocycles. The van der Waals surface area contributed by atoms with Crippen LogP contribution in [0.15, 0.2) is 58.6 Å². The van der Waals surface area contributed by atoms with Gasteiger partial charge in [-0.1, -0.05) is 11.2 Å². The first-order valence-corrected chi connectivity index (χ1v) is 10.6. The average Bonchev–Trinajstić information content (AvgIpc) is 3.39. The molecule has 0 aliphatic carbocycles. The van der Waals surface area contributed by atoms with Crippen LogP contribution in [0, 0.1) is 6.92 Å². The summed E-state index contributed by atoms with van der Waals surface area (Å²) in [4.78, 5) is 27.5. The number of Topliss-reactive ketones (excluding diaryl/α,β-unsaturated/α-hetero) is 1. The summed E-state index contributed by atoms with van der Waals surface area (Å²) in [6, 6.07) is 12.2. The number of aliphatic hydroxyl groups excluding tert-OH is 1. The number of aryl methyl sites for hydroxylation is 1. The van der Waals surface area contributed by atoms with Gasteiger partial charge in [0, 0.05) is 11.6 Å². The van der Waals surface area contributed by atoms with Crippen LogP contribution >= 0.6 is 0 Å². The van der Waals surface area contributed by atoms with Crippen molar-refractivity contribution >= 4 is 23.3 Å². The van der Waals surface area contributed by atoms with E-state index in [1.54, 1.807) is 55.5 Å². The van der Waals surface area contributed by atoms with Crippen molar-refractivity contribution < 1.29 is 33.4 Å². The number of hydrogen-bond acceptors (Lipinski definition) is 8. The molecule has 0 spiro atoms. The Morgan fingerprint density at radius 3 is 2.38 bits per heavy atom. The molecule has 1 saturated heterocycles. The molecule has 1 amide bonds. The van der Waals surface area contributed by atoms with Crippen molar-refractivity contribution in [1.29, 1.82) is 0 Å². The Balaban J connectivity index is 1.92.